The molecule has 72 valence electrons. The largest absolute Gasteiger partial charge is 0.235 e. The first-order valence-corrected chi connectivity index (χ1v) is 5.24. The minimum Gasteiger partial charge on any atom is -0.235 e. The summed E-state index contributed by atoms with van der Waals surface area (Å²) in [6.07, 6.45) is 0. The lowest BCUT2D eigenvalue weighted by Crippen LogP contribution is -1.87. The van der Waals surface area contributed by atoms with Gasteiger partial charge in [-0.05, 0) is 34.1 Å². The Hall–Kier alpha value is -0.380. The third-order valence-corrected chi connectivity index (χ3v) is 2.91. The molecule has 0 N–H and O–H groups in total. The van der Waals surface area contributed by atoms with E-state index in [1.54, 1.807) is 6.07 Å². The zero-order valence-electron chi connectivity index (χ0n) is 6.69. The summed E-state index contributed by atoms with van der Waals surface area (Å²) in [6.45, 7) is 0. The molecule has 0 spiro atoms. The third-order valence-electron chi connectivity index (χ3n) is 1.78. The molecule has 1 heterocycles. The van der Waals surface area contributed by atoms with Gasteiger partial charge in [-0.1, -0.05) is 23.2 Å². The molecule has 0 radical (unpaired) electrons. The van der Waals surface area contributed by atoms with Gasteiger partial charge in [0.05, 0.1) is 15.9 Å². The van der Waals surface area contributed by atoms with Gasteiger partial charge in [0.15, 0.2) is 0 Å². The highest BCUT2D eigenvalue weighted by Crippen LogP contribution is 2.31. The van der Waals surface area contributed by atoms with Gasteiger partial charge in [0, 0.05) is 4.47 Å². The van der Waals surface area contributed by atoms with Crippen LogP contribution in [0, 0.1) is 5.82 Å². The lowest BCUT2D eigenvalue weighted by molar-refractivity contribution is 0.639. The Balaban J connectivity index is 3.00. The normalized spacial score (nSPS) is 10.9. The van der Waals surface area contributed by atoms with Gasteiger partial charge in [0.25, 0.3) is 0 Å². The Labute approximate surface area is 98.0 Å². The lowest BCUT2D eigenvalue weighted by Gasteiger charge is -2.03. The van der Waals surface area contributed by atoms with Gasteiger partial charge in [0.2, 0.25) is 0 Å². The van der Waals surface area contributed by atoms with Crippen molar-refractivity contribution in [2.24, 2.45) is 0 Å². The van der Waals surface area contributed by atoms with Crippen molar-refractivity contribution < 1.29 is 4.39 Å². The van der Waals surface area contributed by atoms with E-state index >= 15 is 0 Å². The highest BCUT2D eigenvalue weighted by atomic mass is 79.9. The van der Waals surface area contributed by atoms with Gasteiger partial charge in [-0.25, -0.2) is 9.37 Å². The summed E-state index contributed by atoms with van der Waals surface area (Å²) in [5.74, 6) is -0.405. The first-order valence-electron chi connectivity index (χ1n) is 3.69. The minimum atomic E-state index is -0.405. The van der Waals surface area contributed by atoms with Crippen LogP contribution in [0.1, 0.15) is 0 Å². The second-order valence-corrected chi connectivity index (χ2v) is 4.33. The van der Waals surface area contributed by atoms with Crippen molar-refractivity contribution >= 4 is 50.0 Å². The molecule has 0 aliphatic rings. The quantitative estimate of drug-likeness (QED) is 0.655. The van der Waals surface area contributed by atoms with Crippen molar-refractivity contribution in [3.63, 3.8) is 0 Å². The molecule has 0 unspecified atom stereocenters. The maximum absolute atomic E-state index is 13.4. The van der Waals surface area contributed by atoms with Crippen LogP contribution in [-0.2, 0) is 0 Å². The van der Waals surface area contributed by atoms with Gasteiger partial charge < -0.3 is 0 Å². The second kappa shape index (κ2) is 3.65. The standard InChI is InChI=1S/C9H3BrCl2FN/c10-4-1-2-6(13)8-5(11)3-7(12)14-9(4)8/h1-3H. The van der Waals surface area contributed by atoms with Crippen LogP contribution in [0.3, 0.4) is 0 Å². The van der Waals surface area contributed by atoms with E-state index in [4.69, 9.17) is 23.2 Å². The van der Waals surface area contributed by atoms with Crippen LogP contribution in [0.15, 0.2) is 22.7 Å². The number of fused-ring (bicyclic) bond motifs is 1. The average Bonchev–Trinajstić information content (AvgIpc) is 2.10. The Morgan fingerprint density at radius 2 is 2.00 bits per heavy atom. The monoisotopic (exact) mass is 293 g/mol. The van der Waals surface area contributed by atoms with Crippen molar-refractivity contribution in [2.45, 2.75) is 0 Å². The number of hydrogen-bond acceptors (Lipinski definition) is 1. The molecule has 0 amide bonds. The lowest BCUT2D eigenvalue weighted by atomic mass is 10.2. The fourth-order valence-electron chi connectivity index (χ4n) is 1.19. The predicted octanol–water partition coefficient (Wildman–Crippen LogP) is 4.44. The highest BCUT2D eigenvalue weighted by Gasteiger charge is 2.10. The van der Waals surface area contributed by atoms with E-state index in [1.807, 2.05) is 0 Å². The molecule has 2 aromatic rings. The molecule has 0 bridgehead atoms. The molecular formula is C9H3BrCl2FN. The number of hydrogen-bond donors (Lipinski definition) is 0. The van der Waals surface area contributed by atoms with Crippen LogP contribution in [-0.4, -0.2) is 4.98 Å². The molecule has 1 aromatic carbocycles. The number of halogens is 4. The van der Waals surface area contributed by atoms with Crippen molar-refractivity contribution in [3.8, 4) is 0 Å². The maximum atomic E-state index is 13.4. The summed E-state index contributed by atoms with van der Waals surface area (Å²) >= 11 is 14.8. The third kappa shape index (κ3) is 1.60. The van der Waals surface area contributed by atoms with Crippen molar-refractivity contribution in [1.82, 2.24) is 4.98 Å². The zero-order chi connectivity index (χ0) is 10.3. The Kier molecular flexibility index (Phi) is 2.64. The summed E-state index contributed by atoms with van der Waals surface area (Å²) in [5.41, 5.74) is 0.433. The summed E-state index contributed by atoms with van der Waals surface area (Å²) < 4.78 is 14.0. The molecule has 0 aliphatic carbocycles. The van der Waals surface area contributed by atoms with Gasteiger partial charge in [-0.15, -0.1) is 0 Å². The number of benzene rings is 1. The van der Waals surface area contributed by atoms with Crippen LogP contribution < -0.4 is 0 Å². The predicted molar refractivity (Wildman–Crippen MR) is 59.4 cm³/mol. The molecule has 1 aromatic heterocycles. The fraction of sp³-hybridized carbons (Fsp3) is 0. The van der Waals surface area contributed by atoms with Crippen LogP contribution in [0.25, 0.3) is 10.9 Å². The molecule has 0 atom stereocenters. The Bertz CT molecular complexity index is 516. The summed E-state index contributed by atoms with van der Waals surface area (Å²) in [6, 6.07) is 4.31. The van der Waals surface area contributed by atoms with Gasteiger partial charge in [-0.2, -0.15) is 0 Å². The summed E-state index contributed by atoms with van der Waals surface area (Å²) in [4.78, 5) is 3.99. The average molecular weight is 295 g/mol. The van der Waals surface area contributed by atoms with Crippen LogP contribution >= 0.6 is 39.1 Å². The Morgan fingerprint density at radius 3 is 2.71 bits per heavy atom. The van der Waals surface area contributed by atoms with E-state index in [0.29, 0.717) is 9.99 Å². The molecular weight excluding hydrogens is 292 g/mol. The van der Waals surface area contributed by atoms with Gasteiger partial charge in [0.1, 0.15) is 11.0 Å². The molecule has 0 saturated carbocycles. The van der Waals surface area contributed by atoms with E-state index in [0.717, 1.165) is 0 Å². The number of nitrogens with zero attached hydrogens (tertiary/aromatic N) is 1. The molecule has 1 nitrogen and oxygen atoms in total. The van der Waals surface area contributed by atoms with Gasteiger partial charge >= 0.3 is 0 Å². The Morgan fingerprint density at radius 1 is 1.29 bits per heavy atom. The molecule has 2 rings (SSSR count). The van der Waals surface area contributed by atoms with Crippen molar-refractivity contribution in [3.05, 3.63) is 38.7 Å². The molecule has 0 fully saturated rings. The highest BCUT2D eigenvalue weighted by molar-refractivity contribution is 9.10. The molecule has 0 saturated heterocycles. The number of aromatic nitrogens is 1. The molecule has 5 heteroatoms. The van der Waals surface area contributed by atoms with E-state index in [2.05, 4.69) is 20.9 Å². The second-order valence-electron chi connectivity index (χ2n) is 2.68. The van der Waals surface area contributed by atoms with E-state index < -0.39 is 5.82 Å². The van der Waals surface area contributed by atoms with E-state index in [1.165, 1.54) is 12.1 Å². The summed E-state index contributed by atoms with van der Waals surface area (Å²) in [5, 5.41) is 0.790. The molecule has 0 aliphatic heterocycles. The molecule has 14 heavy (non-hydrogen) atoms. The number of rotatable bonds is 0. The van der Waals surface area contributed by atoms with Crippen LogP contribution in [0.2, 0.25) is 10.2 Å². The summed E-state index contributed by atoms with van der Waals surface area (Å²) in [7, 11) is 0. The smallest absolute Gasteiger partial charge is 0.134 e. The van der Waals surface area contributed by atoms with Crippen molar-refractivity contribution in [1.29, 1.82) is 0 Å². The minimum absolute atomic E-state index is 0.244. The first-order chi connectivity index (χ1) is 6.59. The van der Waals surface area contributed by atoms with E-state index in [-0.39, 0.29) is 15.6 Å². The van der Waals surface area contributed by atoms with Crippen LogP contribution in [0.5, 0.6) is 0 Å². The van der Waals surface area contributed by atoms with Crippen molar-refractivity contribution in [2.75, 3.05) is 0 Å². The zero-order valence-corrected chi connectivity index (χ0v) is 9.79. The topological polar surface area (TPSA) is 12.9 Å². The SMILES string of the molecule is Fc1ccc(Br)c2nc(Cl)cc(Cl)c12. The fourth-order valence-corrected chi connectivity index (χ4v) is 2.15. The maximum Gasteiger partial charge on any atom is 0.134 e. The van der Waals surface area contributed by atoms with Crippen LogP contribution in [0.4, 0.5) is 4.39 Å². The first kappa shape index (κ1) is 10.1. The van der Waals surface area contributed by atoms with Gasteiger partial charge in [-0.3, -0.25) is 0 Å². The van der Waals surface area contributed by atoms with E-state index in [9.17, 15) is 4.39 Å². The number of pyridine rings is 1.